The fourth-order valence-corrected chi connectivity index (χ4v) is 1.91. The summed E-state index contributed by atoms with van der Waals surface area (Å²) in [6.07, 6.45) is 0.995. The maximum absolute atomic E-state index is 9.08. The molecule has 4 heteroatoms. The minimum atomic E-state index is 0.631. The van der Waals surface area contributed by atoms with Crippen LogP contribution in [0.15, 0.2) is 18.2 Å². The summed E-state index contributed by atoms with van der Waals surface area (Å²) in [4.78, 5) is 2.19. The molecule has 0 aliphatic carbocycles. The maximum Gasteiger partial charge on any atom is 0.101 e. The second-order valence-electron chi connectivity index (χ2n) is 3.84. The Morgan fingerprint density at radius 2 is 2.19 bits per heavy atom. The Morgan fingerprint density at radius 1 is 1.31 bits per heavy atom. The van der Waals surface area contributed by atoms with E-state index in [0.29, 0.717) is 11.3 Å². The predicted octanol–water partition coefficient (Wildman–Crippen LogP) is 1.37. The van der Waals surface area contributed by atoms with Gasteiger partial charge >= 0.3 is 0 Å². The molecule has 1 aliphatic heterocycles. The SMILES string of the molecule is N#Cc1cc(N)ccc1N1CCCOCC1. The molecule has 84 valence electrons. The zero-order valence-corrected chi connectivity index (χ0v) is 9.15. The second-order valence-corrected chi connectivity index (χ2v) is 3.84. The van der Waals surface area contributed by atoms with Crippen LogP contribution in [0.1, 0.15) is 12.0 Å². The minimum absolute atomic E-state index is 0.631. The molecule has 2 N–H and O–H groups in total. The molecular weight excluding hydrogens is 202 g/mol. The van der Waals surface area contributed by atoms with Crippen molar-refractivity contribution in [2.24, 2.45) is 0 Å². The summed E-state index contributed by atoms with van der Waals surface area (Å²) < 4.78 is 5.39. The van der Waals surface area contributed by atoms with Gasteiger partial charge in [0.1, 0.15) is 6.07 Å². The molecule has 0 atom stereocenters. The van der Waals surface area contributed by atoms with Crippen molar-refractivity contribution in [3.63, 3.8) is 0 Å². The highest BCUT2D eigenvalue weighted by Crippen LogP contribution is 2.23. The Labute approximate surface area is 95.2 Å². The van der Waals surface area contributed by atoms with Gasteiger partial charge in [0.15, 0.2) is 0 Å². The van der Waals surface area contributed by atoms with Crippen LogP contribution in [0.4, 0.5) is 11.4 Å². The Hall–Kier alpha value is -1.73. The van der Waals surface area contributed by atoms with Crippen LogP contribution in [-0.4, -0.2) is 26.3 Å². The lowest BCUT2D eigenvalue weighted by Gasteiger charge is -2.23. The van der Waals surface area contributed by atoms with Gasteiger partial charge in [-0.25, -0.2) is 0 Å². The maximum atomic E-state index is 9.08. The highest BCUT2D eigenvalue weighted by molar-refractivity contribution is 5.64. The minimum Gasteiger partial charge on any atom is -0.399 e. The molecule has 2 rings (SSSR count). The summed E-state index contributed by atoms with van der Waals surface area (Å²) in [5, 5.41) is 9.08. The fourth-order valence-electron chi connectivity index (χ4n) is 1.91. The van der Waals surface area contributed by atoms with E-state index in [-0.39, 0.29) is 0 Å². The molecule has 4 nitrogen and oxygen atoms in total. The number of ether oxygens (including phenoxy) is 1. The van der Waals surface area contributed by atoms with E-state index in [0.717, 1.165) is 38.4 Å². The van der Waals surface area contributed by atoms with E-state index in [9.17, 15) is 0 Å². The molecule has 0 saturated carbocycles. The van der Waals surface area contributed by atoms with Gasteiger partial charge in [0.05, 0.1) is 17.9 Å². The Kier molecular flexibility index (Phi) is 3.28. The van der Waals surface area contributed by atoms with E-state index < -0.39 is 0 Å². The molecule has 1 aromatic carbocycles. The van der Waals surface area contributed by atoms with E-state index in [1.165, 1.54) is 0 Å². The number of nitrogen functional groups attached to an aromatic ring is 1. The molecule has 0 spiro atoms. The third-order valence-corrected chi connectivity index (χ3v) is 2.70. The van der Waals surface area contributed by atoms with E-state index in [2.05, 4.69) is 11.0 Å². The lowest BCUT2D eigenvalue weighted by atomic mass is 10.1. The molecule has 1 aliphatic rings. The van der Waals surface area contributed by atoms with Crippen molar-refractivity contribution in [2.75, 3.05) is 36.9 Å². The predicted molar refractivity (Wildman–Crippen MR) is 63.2 cm³/mol. The van der Waals surface area contributed by atoms with Crippen molar-refractivity contribution in [1.29, 1.82) is 5.26 Å². The van der Waals surface area contributed by atoms with Crippen LogP contribution in [-0.2, 0) is 4.74 Å². The van der Waals surface area contributed by atoms with E-state index in [4.69, 9.17) is 15.7 Å². The van der Waals surface area contributed by atoms with Gasteiger partial charge in [0.2, 0.25) is 0 Å². The standard InChI is InChI=1S/C12H15N3O/c13-9-10-8-11(14)2-3-12(10)15-4-1-6-16-7-5-15/h2-3,8H,1,4-7,14H2. The molecule has 1 fully saturated rings. The van der Waals surface area contributed by atoms with Gasteiger partial charge in [-0.3, -0.25) is 0 Å². The third-order valence-electron chi connectivity index (χ3n) is 2.70. The highest BCUT2D eigenvalue weighted by atomic mass is 16.5. The average molecular weight is 217 g/mol. The van der Waals surface area contributed by atoms with Crippen LogP contribution in [0.3, 0.4) is 0 Å². The number of hydrogen-bond acceptors (Lipinski definition) is 4. The molecule has 0 bridgehead atoms. The molecule has 0 radical (unpaired) electrons. The summed E-state index contributed by atoms with van der Waals surface area (Å²) in [6.45, 7) is 3.28. The van der Waals surface area contributed by atoms with Crippen LogP contribution in [0.25, 0.3) is 0 Å². The Morgan fingerprint density at radius 3 is 3.00 bits per heavy atom. The monoisotopic (exact) mass is 217 g/mol. The van der Waals surface area contributed by atoms with Gasteiger partial charge in [-0.05, 0) is 24.6 Å². The second kappa shape index (κ2) is 4.86. The van der Waals surface area contributed by atoms with Gasteiger partial charge in [0, 0.05) is 25.4 Å². The number of nitrogens with zero attached hydrogens (tertiary/aromatic N) is 2. The first kappa shape index (κ1) is 10.8. The van der Waals surface area contributed by atoms with Crippen molar-refractivity contribution in [1.82, 2.24) is 0 Å². The molecule has 0 aromatic heterocycles. The number of nitrogens with two attached hydrogens (primary N) is 1. The third kappa shape index (κ3) is 2.26. The Balaban J connectivity index is 2.28. The van der Waals surface area contributed by atoms with E-state index in [1.807, 2.05) is 12.1 Å². The van der Waals surface area contributed by atoms with Crippen LogP contribution >= 0.6 is 0 Å². The number of benzene rings is 1. The Bertz CT molecular complexity index is 403. The van der Waals surface area contributed by atoms with Gasteiger partial charge in [-0.2, -0.15) is 5.26 Å². The molecule has 1 heterocycles. The summed E-state index contributed by atoms with van der Waals surface area (Å²) in [5.41, 5.74) is 7.90. The number of anilines is 2. The number of rotatable bonds is 1. The lowest BCUT2D eigenvalue weighted by molar-refractivity contribution is 0.152. The van der Waals surface area contributed by atoms with Crippen LogP contribution in [0.5, 0.6) is 0 Å². The largest absolute Gasteiger partial charge is 0.399 e. The van der Waals surface area contributed by atoms with Gasteiger partial charge in [-0.1, -0.05) is 0 Å². The first-order valence-corrected chi connectivity index (χ1v) is 5.43. The zero-order valence-electron chi connectivity index (χ0n) is 9.15. The van der Waals surface area contributed by atoms with Crippen molar-refractivity contribution < 1.29 is 4.74 Å². The summed E-state index contributed by atoms with van der Waals surface area (Å²) in [7, 11) is 0. The highest BCUT2D eigenvalue weighted by Gasteiger charge is 2.13. The van der Waals surface area contributed by atoms with Crippen LogP contribution in [0.2, 0.25) is 0 Å². The van der Waals surface area contributed by atoms with Gasteiger partial charge in [-0.15, -0.1) is 0 Å². The first-order chi connectivity index (χ1) is 7.81. The van der Waals surface area contributed by atoms with Crippen LogP contribution in [0, 0.1) is 11.3 Å². The number of nitriles is 1. The molecule has 1 saturated heterocycles. The topological polar surface area (TPSA) is 62.3 Å². The van der Waals surface area contributed by atoms with Crippen molar-refractivity contribution in [3.05, 3.63) is 23.8 Å². The van der Waals surface area contributed by atoms with Crippen LogP contribution < -0.4 is 10.6 Å². The molecule has 16 heavy (non-hydrogen) atoms. The summed E-state index contributed by atoms with van der Waals surface area (Å²) in [6, 6.07) is 7.67. The van der Waals surface area contributed by atoms with Gasteiger partial charge in [0.25, 0.3) is 0 Å². The van der Waals surface area contributed by atoms with E-state index in [1.54, 1.807) is 6.07 Å². The summed E-state index contributed by atoms with van der Waals surface area (Å²) >= 11 is 0. The van der Waals surface area contributed by atoms with Crippen molar-refractivity contribution in [3.8, 4) is 6.07 Å². The first-order valence-electron chi connectivity index (χ1n) is 5.43. The average Bonchev–Trinajstić information content (AvgIpc) is 2.57. The smallest absolute Gasteiger partial charge is 0.101 e. The van der Waals surface area contributed by atoms with E-state index >= 15 is 0 Å². The van der Waals surface area contributed by atoms with Crippen molar-refractivity contribution >= 4 is 11.4 Å². The summed E-state index contributed by atoms with van der Waals surface area (Å²) in [5.74, 6) is 0. The quantitative estimate of drug-likeness (QED) is 0.722. The molecular formula is C12H15N3O. The zero-order chi connectivity index (χ0) is 11.4. The lowest BCUT2D eigenvalue weighted by Crippen LogP contribution is -2.26. The molecule has 1 aromatic rings. The van der Waals surface area contributed by atoms with Gasteiger partial charge < -0.3 is 15.4 Å². The normalized spacial score (nSPS) is 16.6. The molecule has 0 amide bonds. The molecule has 0 unspecified atom stereocenters. The fraction of sp³-hybridized carbons (Fsp3) is 0.417. The number of hydrogen-bond donors (Lipinski definition) is 1. The van der Waals surface area contributed by atoms with Crippen molar-refractivity contribution in [2.45, 2.75) is 6.42 Å².